The molecule has 0 aromatic rings. The Kier molecular flexibility index (Phi) is 2.31. The molecule has 0 aromatic carbocycles. The molecule has 1 rings (SSSR count). The van der Waals surface area contributed by atoms with Gasteiger partial charge in [0.05, 0.1) is 5.60 Å². The van der Waals surface area contributed by atoms with Gasteiger partial charge in [-0.2, -0.15) is 0 Å². The summed E-state index contributed by atoms with van der Waals surface area (Å²) < 4.78 is 0. The maximum absolute atomic E-state index is 10.5. The molecule has 1 fully saturated rings. The molecule has 1 saturated carbocycles. The predicted molar refractivity (Wildman–Crippen MR) is 56.6 cm³/mol. The second-order valence-electron chi connectivity index (χ2n) is 6.24. The second-order valence-corrected chi connectivity index (χ2v) is 6.24. The van der Waals surface area contributed by atoms with Crippen LogP contribution in [0.3, 0.4) is 0 Å². The van der Waals surface area contributed by atoms with Crippen molar-refractivity contribution < 1.29 is 5.11 Å². The van der Waals surface area contributed by atoms with Gasteiger partial charge in [-0.3, -0.25) is 0 Å². The highest BCUT2D eigenvalue weighted by atomic mass is 16.3. The molecule has 0 bridgehead atoms. The number of hydrogen-bond donors (Lipinski definition) is 1. The fraction of sp³-hybridized carbons (Fsp3) is 1.00. The molecule has 2 atom stereocenters. The van der Waals surface area contributed by atoms with Crippen LogP contribution in [0.25, 0.3) is 0 Å². The first kappa shape index (κ1) is 11.0. The van der Waals surface area contributed by atoms with E-state index in [9.17, 15) is 5.11 Å². The van der Waals surface area contributed by atoms with E-state index in [0.717, 1.165) is 6.42 Å². The maximum Gasteiger partial charge on any atom is 0.0700 e. The van der Waals surface area contributed by atoms with Crippen LogP contribution >= 0.6 is 0 Å². The minimum atomic E-state index is -0.533. The molecule has 13 heavy (non-hydrogen) atoms. The van der Waals surface area contributed by atoms with E-state index in [1.165, 1.54) is 6.42 Å². The Bertz CT molecular complexity index is 201. The number of aliphatic hydroxyl groups is 1. The lowest BCUT2D eigenvalue weighted by atomic mass is 9.53. The van der Waals surface area contributed by atoms with Crippen LogP contribution in [0.15, 0.2) is 0 Å². The quantitative estimate of drug-likeness (QED) is 0.613. The fourth-order valence-electron chi connectivity index (χ4n) is 2.45. The first-order chi connectivity index (χ1) is 5.61. The van der Waals surface area contributed by atoms with Crippen LogP contribution in [-0.2, 0) is 0 Å². The predicted octanol–water partition coefficient (Wildman–Crippen LogP) is 3.22. The van der Waals surface area contributed by atoms with Crippen molar-refractivity contribution in [2.24, 2.45) is 16.7 Å². The minimum absolute atomic E-state index is 0.0575. The van der Waals surface area contributed by atoms with Gasteiger partial charge in [0.1, 0.15) is 0 Å². The van der Waals surface area contributed by atoms with Crippen molar-refractivity contribution in [1.29, 1.82) is 0 Å². The van der Waals surface area contributed by atoms with Crippen molar-refractivity contribution in [3.05, 3.63) is 0 Å². The standard InChI is InChI=1S/C12H24O/c1-9-10(2,3)7-8-11(4,5)12(9,6)13/h9,13H,7-8H2,1-6H3. The maximum atomic E-state index is 10.5. The van der Waals surface area contributed by atoms with Gasteiger partial charge in [0.2, 0.25) is 0 Å². The zero-order valence-electron chi connectivity index (χ0n) is 9.94. The van der Waals surface area contributed by atoms with Crippen LogP contribution in [0.1, 0.15) is 54.4 Å². The Morgan fingerprint density at radius 2 is 1.46 bits per heavy atom. The van der Waals surface area contributed by atoms with Crippen LogP contribution in [0.2, 0.25) is 0 Å². The van der Waals surface area contributed by atoms with Crippen LogP contribution in [0, 0.1) is 16.7 Å². The average Bonchev–Trinajstić information content (AvgIpc) is 1.97. The summed E-state index contributed by atoms with van der Waals surface area (Å²) in [6, 6.07) is 0. The van der Waals surface area contributed by atoms with E-state index in [2.05, 4.69) is 34.6 Å². The molecule has 1 N–H and O–H groups in total. The van der Waals surface area contributed by atoms with Gasteiger partial charge in [-0.05, 0) is 36.5 Å². The lowest BCUT2D eigenvalue weighted by Gasteiger charge is -2.55. The normalized spacial score (nSPS) is 43.2. The molecule has 0 radical (unpaired) electrons. The topological polar surface area (TPSA) is 20.2 Å². The smallest absolute Gasteiger partial charge is 0.0700 e. The molecule has 1 nitrogen and oxygen atoms in total. The molecule has 0 amide bonds. The van der Waals surface area contributed by atoms with Crippen molar-refractivity contribution in [2.45, 2.75) is 60.0 Å². The Morgan fingerprint density at radius 3 is 1.85 bits per heavy atom. The SMILES string of the molecule is CC1C(C)(C)CCC(C)(C)C1(C)O. The van der Waals surface area contributed by atoms with Gasteiger partial charge >= 0.3 is 0 Å². The van der Waals surface area contributed by atoms with Gasteiger partial charge in [-0.15, -0.1) is 0 Å². The second kappa shape index (κ2) is 2.73. The average molecular weight is 184 g/mol. The van der Waals surface area contributed by atoms with Crippen LogP contribution in [0.5, 0.6) is 0 Å². The monoisotopic (exact) mass is 184 g/mol. The molecule has 0 aliphatic heterocycles. The molecule has 1 aliphatic carbocycles. The molecule has 0 spiro atoms. The third-order valence-corrected chi connectivity index (χ3v) is 4.78. The zero-order valence-corrected chi connectivity index (χ0v) is 9.94. The molecule has 78 valence electrons. The number of hydrogen-bond acceptors (Lipinski definition) is 1. The van der Waals surface area contributed by atoms with Crippen molar-refractivity contribution in [2.75, 3.05) is 0 Å². The first-order valence-corrected chi connectivity index (χ1v) is 5.34. The zero-order chi connectivity index (χ0) is 10.5. The Balaban J connectivity index is 3.00. The largest absolute Gasteiger partial charge is 0.389 e. The first-order valence-electron chi connectivity index (χ1n) is 5.34. The molecule has 1 aliphatic rings. The van der Waals surface area contributed by atoms with Gasteiger partial charge in [-0.25, -0.2) is 0 Å². The lowest BCUT2D eigenvalue weighted by molar-refractivity contribution is -0.161. The van der Waals surface area contributed by atoms with Crippen molar-refractivity contribution in [3.63, 3.8) is 0 Å². The molecular weight excluding hydrogens is 160 g/mol. The van der Waals surface area contributed by atoms with Crippen LogP contribution in [0.4, 0.5) is 0 Å². The van der Waals surface area contributed by atoms with Crippen molar-refractivity contribution >= 4 is 0 Å². The third kappa shape index (κ3) is 1.52. The fourth-order valence-corrected chi connectivity index (χ4v) is 2.45. The molecule has 1 heteroatoms. The summed E-state index contributed by atoms with van der Waals surface area (Å²) in [7, 11) is 0. The highest BCUT2D eigenvalue weighted by Gasteiger charge is 2.52. The van der Waals surface area contributed by atoms with Gasteiger partial charge in [0, 0.05) is 0 Å². The van der Waals surface area contributed by atoms with Gasteiger partial charge in [0.25, 0.3) is 0 Å². The summed E-state index contributed by atoms with van der Waals surface area (Å²) in [5, 5.41) is 10.5. The van der Waals surface area contributed by atoms with E-state index in [1.54, 1.807) is 0 Å². The lowest BCUT2D eigenvalue weighted by Crippen LogP contribution is -2.55. The molecular formula is C12H24O. The molecule has 0 heterocycles. The van der Waals surface area contributed by atoms with Gasteiger partial charge in [0.15, 0.2) is 0 Å². The van der Waals surface area contributed by atoms with Crippen LogP contribution in [-0.4, -0.2) is 10.7 Å². The highest BCUT2D eigenvalue weighted by Crippen LogP contribution is 2.54. The summed E-state index contributed by atoms with van der Waals surface area (Å²) in [6.07, 6.45) is 2.34. The van der Waals surface area contributed by atoms with Crippen molar-refractivity contribution in [1.82, 2.24) is 0 Å². The highest BCUT2D eigenvalue weighted by molar-refractivity contribution is 5.02. The Hall–Kier alpha value is -0.0400. The summed E-state index contributed by atoms with van der Waals surface area (Å²) >= 11 is 0. The molecule has 2 unspecified atom stereocenters. The summed E-state index contributed by atoms with van der Waals surface area (Å²) in [5.41, 5.74) is -0.199. The van der Waals surface area contributed by atoms with Gasteiger partial charge < -0.3 is 5.11 Å². The van der Waals surface area contributed by atoms with Crippen molar-refractivity contribution in [3.8, 4) is 0 Å². The Morgan fingerprint density at radius 1 is 1.00 bits per heavy atom. The van der Waals surface area contributed by atoms with E-state index in [-0.39, 0.29) is 10.8 Å². The molecule has 0 aromatic heterocycles. The minimum Gasteiger partial charge on any atom is -0.389 e. The van der Waals surface area contributed by atoms with E-state index in [1.807, 2.05) is 6.92 Å². The Labute approximate surface area is 82.5 Å². The summed E-state index contributed by atoms with van der Waals surface area (Å²) in [6.45, 7) is 13.1. The third-order valence-electron chi connectivity index (χ3n) is 4.78. The van der Waals surface area contributed by atoms with E-state index >= 15 is 0 Å². The van der Waals surface area contributed by atoms with E-state index in [4.69, 9.17) is 0 Å². The van der Waals surface area contributed by atoms with Gasteiger partial charge in [-0.1, -0.05) is 34.6 Å². The summed E-state index contributed by atoms with van der Waals surface area (Å²) in [4.78, 5) is 0. The van der Waals surface area contributed by atoms with E-state index in [0.29, 0.717) is 5.92 Å². The number of rotatable bonds is 0. The van der Waals surface area contributed by atoms with E-state index < -0.39 is 5.60 Å². The molecule has 0 saturated heterocycles. The van der Waals surface area contributed by atoms with Crippen LogP contribution < -0.4 is 0 Å². The summed E-state index contributed by atoms with van der Waals surface area (Å²) in [5.74, 6) is 0.365.